The van der Waals surface area contributed by atoms with Crippen LogP contribution in [0, 0.1) is 0 Å². The second-order valence-corrected chi connectivity index (χ2v) is 4.30. The zero-order valence-corrected chi connectivity index (χ0v) is 11.1. The summed E-state index contributed by atoms with van der Waals surface area (Å²) in [6, 6.07) is 4.83. The molecule has 92 valence electrons. The van der Waals surface area contributed by atoms with Crippen molar-refractivity contribution in [2.45, 2.75) is 0 Å². The van der Waals surface area contributed by atoms with E-state index in [0.717, 1.165) is 0 Å². The van der Waals surface area contributed by atoms with Crippen molar-refractivity contribution in [1.29, 1.82) is 0 Å². The Labute approximate surface area is 110 Å². The third kappa shape index (κ3) is 3.61. The van der Waals surface area contributed by atoms with Gasteiger partial charge in [0.2, 0.25) is 0 Å². The highest BCUT2D eigenvalue weighted by Gasteiger charge is 2.13. The summed E-state index contributed by atoms with van der Waals surface area (Å²) in [6.45, 7) is 0. The molecule has 1 aromatic carbocycles. The van der Waals surface area contributed by atoms with Crippen molar-refractivity contribution in [2.75, 3.05) is 20.0 Å². The predicted molar refractivity (Wildman–Crippen MR) is 71.5 cm³/mol. The van der Waals surface area contributed by atoms with Crippen LogP contribution in [0.1, 0.15) is 10.4 Å². The largest absolute Gasteiger partial charge is 0.386 e. The van der Waals surface area contributed by atoms with Gasteiger partial charge in [-0.25, -0.2) is 4.99 Å². The quantitative estimate of drug-likeness (QED) is 0.522. The number of carbonyl (C=O) groups is 1. The molecule has 0 aliphatic heterocycles. The van der Waals surface area contributed by atoms with E-state index in [0.29, 0.717) is 16.3 Å². The highest BCUT2D eigenvalue weighted by Crippen LogP contribution is 2.24. The number of amidine groups is 1. The van der Waals surface area contributed by atoms with E-state index < -0.39 is 0 Å². The predicted octanol–water partition coefficient (Wildman–Crippen LogP) is 2.27. The molecule has 0 heterocycles. The molecule has 0 aliphatic carbocycles. The Morgan fingerprint density at radius 3 is 2.65 bits per heavy atom. The molecule has 1 aromatic rings. The second kappa shape index (κ2) is 5.89. The molecule has 0 atom stereocenters. The van der Waals surface area contributed by atoms with Crippen LogP contribution < -0.4 is 5.73 Å². The molecule has 0 spiro atoms. The molecule has 0 radical (unpaired) electrons. The molecule has 4 nitrogen and oxygen atoms in total. The summed E-state index contributed by atoms with van der Waals surface area (Å²) in [5, 5.41) is 0.487. The maximum Gasteiger partial charge on any atom is 0.255 e. The highest BCUT2D eigenvalue weighted by molar-refractivity contribution is 6.31. The maximum atomic E-state index is 11.9. The number of rotatable bonds is 3. The van der Waals surface area contributed by atoms with Crippen LogP contribution in [-0.2, 0) is 0 Å². The zero-order chi connectivity index (χ0) is 13.0. The Morgan fingerprint density at radius 2 is 2.12 bits per heavy atom. The molecule has 0 saturated heterocycles. The van der Waals surface area contributed by atoms with Gasteiger partial charge in [-0.15, -0.1) is 11.6 Å². The van der Waals surface area contributed by atoms with Crippen LogP contribution in [-0.4, -0.2) is 36.6 Å². The van der Waals surface area contributed by atoms with E-state index in [4.69, 9.17) is 28.9 Å². The molecule has 0 unspecified atom stereocenters. The van der Waals surface area contributed by atoms with Gasteiger partial charge in [-0.1, -0.05) is 11.6 Å². The molecule has 0 aromatic heterocycles. The molecule has 0 fully saturated rings. The summed E-state index contributed by atoms with van der Waals surface area (Å²) in [7, 11) is 3.32. The number of alkyl halides is 1. The van der Waals surface area contributed by atoms with E-state index in [-0.39, 0.29) is 17.6 Å². The van der Waals surface area contributed by atoms with Crippen LogP contribution in [0.3, 0.4) is 0 Å². The summed E-state index contributed by atoms with van der Waals surface area (Å²) in [5.41, 5.74) is 6.41. The average Bonchev–Trinajstić information content (AvgIpc) is 2.28. The zero-order valence-electron chi connectivity index (χ0n) is 9.58. The molecule has 0 aliphatic rings. The molecule has 17 heavy (non-hydrogen) atoms. The van der Waals surface area contributed by atoms with Crippen LogP contribution in [0.4, 0.5) is 5.69 Å². The Balaban J connectivity index is 3.26. The van der Waals surface area contributed by atoms with Crippen molar-refractivity contribution in [1.82, 2.24) is 4.90 Å². The molecular formula is C11H13Cl2N3O. The molecule has 6 heteroatoms. The van der Waals surface area contributed by atoms with Crippen molar-refractivity contribution in [2.24, 2.45) is 10.7 Å². The lowest BCUT2D eigenvalue weighted by atomic mass is 10.1. The number of nitrogens with two attached hydrogens (primary N) is 1. The lowest BCUT2D eigenvalue weighted by molar-refractivity contribution is 0.0828. The molecule has 0 saturated carbocycles. The minimum absolute atomic E-state index is 0.0993. The van der Waals surface area contributed by atoms with Crippen molar-refractivity contribution in [3.05, 3.63) is 28.8 Å². The van der Waals surface area contributed by atoms with Gasteiger partial charge in [-0.05, 0) is 18.2 Å². The van der Waals surface area contributed by atoms with E-state index in [1.165, 1.54) is 4.90 Å². The van der Waals surface area contributed by atoms with Gasteiger partial charge in [0.1, 0.15) is 5.84 Å². The van der Waals surface area contributed by atoms with E-state index in [1.807, 2.05) is 0 Å². The fourth-order valence-electron chi connectivity index (χ4n) is 1.20. The summed E-state index contributed by atoms with van der Waals surface area (Å²) in [4.78, 5) is 17.4. The van der Waals surface area contributed by atoms with E-state index >= 15 is 0 Å². The molecule has 1 amide bonds. The Morgan fingerprint density at radius 1 is 1.47 bits per heavy atom. The van der Waals surface area contributed by atoms with Crippen molar-refractivity contribution >= 4 is 40.6 Å². The average molecular weight is 274 g/mol. The van der Waals surface area contributed by atoms with Gasteiger partial charge < -0.3 is 10.6 Å². The fourth-order valence-corrected chi connectivity index (χ4v) is 1.43. The molecule has 2 N–H and O–H groups in total. The van der Waals surface area contributed by atoms with Crippen LogP contribution in [0.25, 0.3) is 0 Å². The molecule has 1 rings (SSSR count). The first-order valence-corrected chi connectivity index (χ1v) is 5.77. The SMILES string of the molecule is CN(C)C(=O)c1ccc(Cl)cc1N=C(N)CCl. The van der Waals surface area contributed by atoms with E-state index in [1.54, 1.807) is 32.3 Å². The van der Waals surface area contributed by atoms with E-state index in [2.05, 4.69) is 4.99 Å². The van der Waals surface area contributed by atoms with Crippen molar-refractivity contribution in [3.8, 4) is 0 Å². The fraction of sp³-hybridized carbons (Fsp3) is 0.273. The van der Waals surface area contributed by atoms with Crippen LogP contribution >= 0.6 is 23.2 Å². The number of hydrogen-bond acceptors (Lipinski definition) is 2. The first kappa shape index (κ1) is 13.8. The summed E-state index contributed by atoms with van der Waals surface area (Å²) < 4.78 is 0. The minimum atomic E-state index is -0.164. The Kier molecular flexibility index (Phi) is 4.78. The van der Waals surface area contributed by atoms with Gasteiger partial charge in [-0.2, -0.15) is 0 Å². The van der Waals surface area contributed by atoms with Gasteiger partial charge in [0.15, 0.2) is 0 Å². The van der Waals surface area contributed by atoms with Crippen molar-refractivity contribution in [3.63, 3.8) is 0 Å². The number of carbonyl (C=O) groups excluding carboxylic acids is 1. The Bertz CT molecular complexity index is 458. The number of aliphatic imine (C=N–C) groups is 1. The number of halogens is 2. The standard InChI is InChI=1S/C11H13Cl2N3O/c1-16(2)11(17)8-4-3-7(13)5-9(8)15-10(14)6-12/h3-5H,6H2,1-2H3,(H2,14,15). The third-order valence-corrected chi connectivity index (χ3v) is 2.51. The van der Waals surface area contributed by atoms with Gasteiger partial charge in [0.25, 0.3) is 5.91 Å². The topological polar surface area (TPSA) is 58.7 Å². The van der Waals surface area contributed by atoms with Crippen LogP contribution in [0.5, 0.6) is 0 Å². The number of benzene rings is 1. The lowest BCUT2D eigenvalue weighted by Crippen LogP contribution is -2.22. The lowest BCUT2D eigenvalue weighted by Gasteiger charge is -2.12. The van der Waals surface area contributed by atoms with Gasteiger partial charge in [-0.3, -0.25) is 4.79 Å². The van der Waals surface area contributed by atoms with Crippen molar-refractivity contribution < 1.29 is 4.79 Å². The minimum Gasteiger partial charge on any atom is -0.386 e. The van der Waals surface area contributed by atoms with E-state index in [9.17, 15) is 4.79 Å². The number of nitrogens with zero attached hydrogens (tertiary/aromatic N) is 2. The summed E-state index contributed by atoms with van der Waals surface area (Å²) in [6.07, 6.45) is 0. The Hall–Kier alpha value is -1.26. The monoisotopic (exact) mass is 273 g/mol. The second-order valence-electron chi connectivity index (χ2n) is 3.60. The van der Waals surface area contributed by atoms with Gasteiger partial charge in [0.05, 0.1) is 17.1 Å². The third-order valence-electron chi connectivity index (χ3n) is 2.00. The first-order chi connectivity index (χ1) is 7.95. The summed E-state index contributed by atoms with van der Waals surface area (Å²) in [5.74, 6) is 0.173. The molecular weight excluding hydrogens is 261 g/mol. The van der Waals surface area contributed by atoms with Crippen LogP contribution in [0.2, 0.25) is 5.02 Å². The smallest absolute Gasteiger partial charge is 0.255 e. The molecule has 0 bridgehead atoms. The normalized spacial score (nSPS) is 11.4. The summed E-state index contributed by atoms with van der Waals surface area (Å²) >= 11 is 11.4. The highest BCUT2D eigenvalue weighted by atomic mass is 35.5. The van der Waals surface area contributed by atoms with Gasteiger partial charge in [0, 0.05) is 19.1 Å². The number of hydrogen-bond donors (Lipinski definition) is 1. The van der Waals surface area contributed by atoms with Gasteiger partial charge >= 0.3 is 0 Å². The van der Waals surface area contributed by atoms with Crippen LogP contribution in [0.15, 0.2) is 23.2 Å². The maximum absolute atomic E-state index is 11.9. The first-order valence-electron chi connectivity index (χ1n) is 4.86. The number of amides is 1.